The highest BCUT2D eigenvalue weighted by Crippen LogP contribution is 2.25. The molecule has 5 heteroatoms. The van der Waals surface area contributed by atoms with Crippen LogP contribution >= 0.6 is 0 Å². The molecule has 0 saturated carbocycles. The SMILES string of the molecule is O=C(NCc1ccco1)N1CCN(C2CCc3ccccc3C2)CC1. The van der Waals surface area contributed by atoms with Crippen molar-refractivity contribution in [3.05, 3.63) is 59.5 Å². The number of piperazine rings is 1. The molecule has 1 unspecified atom stereocenters. The largest absolute Gasteiger partial charge is 0.467 e. The molecule has 25 heavy (non-hydrogen) atoms. The van der Waals surface area contributed by atoms with Crippen molar-refractivity contribution in [2.75, 3.05) is 26.2 Å². The molecule has 1 aromatic carbocycles. The molecule has 1 fully saturated rings. The Balaban J connectivity index is 1.26. The summed E-state index contributed by atoms with van der Waals surface area (Å²) in [5.74, 6) is 0.785. The lowest BCUT2D eigenvalue weighted by Crippen LogP contribution is -2.54. The third kappa shape index (κ3) is 3.71. The van der Waals surface area contributed by atoms with Gasteiger partial charge in [-0.15, -0.1) is 0 Å². The van der Waals surface area contributed by atoms with E-state index in [1.807, 2.05) is 17.0 Å². The minimum absolute atomic E-state index is 0.00467. The summed E-state index contributed by atoms with van der Waals surface area (Å²) in [5, 5.41) is 2.94. The van der Waals surface area contributed by atoms with Crippen LogP contribution in [0.2, 0.25) is 0 Å². The molecule has 0 radical (unpaired) electrons. The first-order valence-corrected chi connectivity index (χ1v) is 9.15. The van der Waals surface area contributed by atoms with E-state index in [9.17, 15) is 4.79 Å². The Hall–Kier alpha value is -2.27. The van der Waals surface area contributed by atoms with Crippen LogP contribution in [0.15, 0.2) is 47.1 Å². The first-order valence-electron chi connectivity index (χ1n) is 9.15. The highest BCUT2D eigenvalue weighted by Gasteiger charge is 2.28. The van der Waals surface area contributed by atoms with Crippen molar-refractivity contribution in [3.63, 3.8) is 0 Å². The predicted octanol–water partition coefficient (Wildman–Crippen LogP) is 2.66. The Kier molecular flexibility index (Phi) is 4.74. The van der Waals surface area contributed by atoms with Gasteiger partial charge >= 0.3 is 6.03 Å². The number of aryl methyl sites for hydroxylation is 1. The van der Waals surface area contributed by atoms with Crippen molar-refractivity contribution in [2.24, 2.45) is 0 Å². The predicted molar refractivity (Wildman–Crippen MR) is 96.3 cm³/mol. The second-order valence-electron chi connectivity index (χ2n) is 6.93. The Bertz CT molecular complexity index is 705. The molecule has 2 amide bonds. The van der Waals surface area contributed by atoms with Crippen molar-refractivity contribution in [3.8, 4) is 0 Å². The summed E-state index contributed by atoms with van der Waals surface area (Å²) >= 11 is 0. The van der Waals surface area contributed by atoms with Crippen molar-refractivity contribution in [2.45, 2.75) is 31.8 Å². The van der Waals surface area contributed by atoms with Gasteiger partial charge in [0.15, 0.2) is 0 Å². The van der Waals surface area contributed by atoms with Gasteiger partial charge in [0.2, 0.25) is 0 Å². The molecule has 1 aromatic heterocycles. The van der Waals surface area contributed by atoms with Gasteiger partial charge in [0.05, 0.1) is 12.8 Å². The molecule has 1 N–H and O–H groups in total. The summed E-state index contributed by atoms with van der Waals surface area (Å²) in [7, 11) is 0. The zero-order valence-electron chi connectivity index (χ0n) is 14.5. The normalized spacial score (nSPS) is 21.0. The highest BCUT2D eigenvalue weighted by atomic mass is 16.3. The molecule has 2 heterocycles. The maximum atomic E-state index is 12.3. The molecule has 1 aliphatic carbocycles. The van der Waals surface area contributed by atoms with Crippen molar-refractivity contribution in [1.82, 2.24) is 15.1 Å². The standard InChI is InChI=1S/C20H25N3O2/c24-20(21-15-19-6-3-13-25-19)23-11-9-22(10-12-23)18-8-7-16-4-1-2-5-17(16)14-18/h1-6,13,18H,7-12,14-15H2,(H,21,24). The van der Waals surface area contributed by atoms with Crippen LogP contribution in [0.25, 0.3) is 0 Å². The molecule has 2 aliphatic rings. The van der Waals surface area contributed by atoms with Crippen molar-refractivity contribution < 1.29 is 9.21 Å². The average Bonchev–Trinajstić information content (AvgIpc) is 3.19. The van der Waals surface area contributed by atoms with Crippen LogP contribution in [0.4, 0.5) is 4.79 Å². The number of amides is 2. The Morgan fingerprint density at radius 1 is 1.08 bits per heavy atom. The number of hydrogen-bond donors (Lipinski definition) is 1. The van der Waals surface area contributed by atoms with Crippen molar-refractivity contribution >= 4 is 6.03 Å². The summed E-state index contributed by atoms with van der Waals surface area (Å²) in [6.45, 7) is 3.96. The molecule has 5 nitrogen and oxygen atoms in total. The number of fused-ring (bicyclic) bond motifs is 1. The van der Waals surface area contributed by atoms with E-state index >= 15 is 0 Å². The van der Waals surface area contributed by atoms with Gasteiger partial charge in [-0.25, -0.2) is 4.79 Å². The third-order valence-corrected chi connectivity index (χ3v) is 5.43. The molecule has 4 rings (SSSR count). The lowest BCUT2D eigenvalue weighted by Gasteiger charge is -2.41. The van der Waals surface area contributed by atoms with Gasteiger partial charge in [-0.1, -0.05) is 24.3 Å². The van der Waals surface area contributed by atoms with E-state index < -0.39 is 0 Å². The van der Waals surface area contributed by atoms with Crippen molar-refractivity contribution in [1.29, 1.82) is 0 Å². The molecule has 0 bridgehead atoms. The lowest BCUT2D eigenvalue weighted by molar-refractivity contribution is 0.101. The fourth-order valence-electron chi connectivity index (χ4n) is 3.97. The summed E-state index contributed by atoms with van der Waals surface area (Å²) in [5.41, 5.74) is 3.01. The summed E-state index contributed by atoms with van der Waals surface area (Å²) in [6.07, 6.45) is 5.16. The van der Waals surface area contributed by atoms with E-state index in [4.69, 9.17) is 4.42 Å². The number of nitrogens with zero attached hydrogens (tertiary/aromatic N) is 2. The smallest absolute Gasteiger partial charge is 0.317 e. The molecule has 1 saturated heterocycles. The van der Waals surface area contributed by atoms with Crippen LogP contribution in [-0.2, 0) is 19.4 Å². The monoisotopic (exact) mass is 339 g/mol. The minimum atomic E-state index is 0.00467. The molecular formula is C20H25N3O2. The summed E-state index contributed by atoms with van der Waals surface area (Å²) in [4.78, 5) is 16.8. The number of benzene rings is 1. The number of rotatable bonds is 3. The number of carbonyl (C=O) groups is 1. The second kappa shape index (κ2) is 7.31. The van der Waals surface area contributed by atoms with Crippen LogP contribution in [-0.4, -0.2) is 48.1 Å². The topological polar surface area (TPSA) is 48.7 Å². The van der Waals surface area contributed by atoms with Crippen LogP contribution < -0.4 is 5.32 Å². The Morgan fingerprint density at radius 3 is 2.64 bits per heavy atom. The third-order valence-electron chi connectivity index (χ3n) is 5.43. The maximum absolute atomic E-state index is 12.3. The number of urea groups is 1. The number of hydrogen-bond acceptors (Lipinski definition) is 3. The van der Waals surface area contributed by atoms with E-state index in [2.05, 4.69) is 34.5 Å². The second-order valence-corrected chi connectivity index (χ2v) is 6.93. The number of nitrogens with one attached hydrogen (secondary N) is 1. The number of carbonyl (C=O) groups excluding carboxylic acids is 1. The van der Waals surface area contributed by atoms with Gasteiger partial charge in [0.1, 0.15) is 5.76 Å². The fourth-order valence-corrected chi connectivity index (χ4v) is 3.97. The maximum Gasteiger partial charge on any atom is 0.317 e. The van der Waals surface area contributed by atoms with Gasteiger partial charge in [0.25, 0.3) is 0 Å². The molecule has 0 spiro atoms. The van der Waals surface area contributed by atoms with Crippen LogP contribution in [0.1, 0.15) is 23.3 Å². The minimum Gasteiger partial charge on any atom is -0.467 e. The Morgan fingerprint density at radius 2 is 1.88 bits per heavy atom. The molecule has 132 valence electrons. The van der Waals surface area contributed by atoms with Crippen LogP contribution in [0.5, 0.6) is 0 Å². The van der Waals surface area contributed by atoms with Gasteiger partial charge in [-0.05, 0) is 42.5 Å². The molecule has 2 aromatic rings. The lowest BCUT2D eigenvalue weighted by atomic mass is 9.87. The average molecular weight is 339 g/mol. The van der Waals surface area contributed by atoms with E-state index in [1.54, 1.807) is 6.26 Å². The fraction of sp³-hybridized carbons (Fsp3) is 0.450. The van der Waals surface area contributed by atoms with E-state index in [1.165, 1.54) is 24.0 Å². The van der Waals surface area contributed by atoms with E-state index in [0.29, 0.717) is 12.6 Å². The highest BCUT2D eigenvalue weighted by molar-refractivity contribution is 5.74. The first kappa shape index (κ1) is 16.2. The van der Waals surface area contributed by atoms with Gasteiger partial charge < -0.3 is 14.6 Å². The quantitative estimate of drug-likeness (QED) is 0.935. The van der Waals surface area contributed by atoms with Crippen LogP contribution in [0, 0.1) is 0 Å². The van der Waals surface area contributed by atoms with Gasteiger partial charge in [0, 0.05) is 32.2 Å². The molecule has 1 aliphatic heterocycles. The number of furan rings is 1. The first-order chi connectivity index (χ1) is 12.3. The zero-order valence-corrected chi connectivity index (χ0v) is 14.5. The van der Waals surface area contributed by atoms with E-state index in [0.717, 1.165) is 38.4 Å². The summed E-state index contributed by atoms with van der Waals surface area (Å²) in [6, 6.07) is 13.1. The van der Waals surface area contributed by atoms with Gasteiger partial charge in [-0.3, -0.25) is 4.90 Å². The van der Waals surface area contributed by atoms with E-state index in [-0.39, 0.29) is 6.03 Å². The zero-order chi connectivity index (χ0) is 17.1. The Labute approximate surface area is 148 Å². The molecular weight excluding hydrogens is 314 g/mol. The molecule has 1 atom stereocenters. The van der Waals surface area contributed by atoms with Crippen LogP contribution in [0.3, 0.4) is 0 Å². The van der Waals surface area contributed by atoms with Gasteiger partial charge in [-0.2, -0.15) is 0 Å². The summed E-state index contributed by atoms with van der Waals surface area (Å²) < 4.78 is 5.25.